The molecule has 2 heterocycles. The minimum absolute atomic E-state index is 0.104. The highest BCUT2D eigenvalue weighted by molar-refractivity contribution is 5.86. The van der Waals surface area contributed by atoms with Gasteiger partial charge in [0.05, 0.1) is 23.4 Å². The van der Waals surface area contributed by atoms with Gasteiger partial charge in [0.25, 0.3) is 5.56 Å². The number of hydrogen-bond donors (Lipinski definition) is 1. The third kappa shape index (κ3) is 2.03. The maximum atomic E-state index is 12.1. The van der Waals surface area contributed by atoms with Crippen molar-refractivity contribution in [3.8, 4) is 11.1 Å². The summed E-state index contributed by atoms with van der Waals surface area (Å²) in [6, 6.07) is 5.81. The minimum Gasteiger partial charge on any atom is -0.472 e. The van der Waals surface area contributed by atoms with E-state index in [0.717, 1.165) is 22.2 Å². The van der Waals surface area contributed by atoms with Crippen LogP contribution in [0.15, 0.2) is 39.9 Å². The van der Waals surface area contributed by atoms with E-state index in [1.165, 1.54) is 0 Å². The van der Waals surface area contributed by atoms with Crippen LogP contribution in [0.25, 0.3) is 22.0 Å². The zero-order chi connectivity index (χ0) is 14.3. The lowest BCUT2D eigenvalue weighted by molar-refractivity contribution is 0.568. The molecule has 0 fully saturated rings. The molecule has 2 aromatic heterocycles. The second kappa shape index (κ2) is 4.63. The lowest BCUT2D eigenvalue weighted by Crippen LogP contribution is -2.10. The molecule has 20 heavy (non-hydrogen) atoms. The topological polar surface area (TPSA) is 58.9 Å². The summed E-state index contributed by atoms with van der Waals surface area (Å²) in [6.45, 7) is 6.05. The molecule has 0 aliphatic heterocycles. The number of fused-ring (bicyclic) bond motifs is 1. The lowest BCUT2D eigenvalue weighted by Gasteiger charge is -2.13. The molecule has 0 aliphatic carbocycles. The Morgan fingerprint density at radius 2 is 2.10 bits per heavy atom. The number of aromatic amines is 1. The Morgan fingerprint density at radius 3 is 2.75 bits per heavy atom. The van der Waals surface area contributed by atoms with Crippen molar-refractivity contribution in [1.29, 1.82) is 0 Å². The Balaban J connectivity index is 2.39. The molecule has 3 rings (SSSR count). The first-order chi connectivity index (χ1) is 9.56. The van der Waals surface area contributed by atoms with Gasteiger partial charge in [0.15, 0.2) is 0 Å². The van der Waals surface area contributed by atoms with Crippen LogP contribution in [0.1, 0.15) is 31.2 Å². The van der Waals surface area contributed by atoms with Crippen molar-refractivity contribution in [2.75, 3.05) is 0 Å². The molecule has 0 unspecified atom stereocenters. The second-order valence-corrected chi connectivity index (χ2v) is 5.27. The molecule has 0 spiro atoms. The van der Waals surface area contributed by atoms with Crippen LogP contribution in [0.5, 0.6) is 0 Å². The summed E-state index contributed by atoms with van der Waals surface area (Å²) in [7, 11) is 0. The number of H-pyrrole nitrogens is 1. The van der Waals surface area contributed by atoms with Crippen LogP contribution < -0.4 is 5.56 Å². The van der Waals surface area contributed by atoms with Gasteiger partial charge in [-0.1, -0.05) is 13.8 Å². The fourth-order valence-electron chi connectivity index (χ4n) is 2.46. The first kappa shape index (κ1) is 12.7. The Hall–Kier alpha value is -2.36. The standard InChI is InChI=1S/C16H16N2O2/c1-9(2)12-7-15-14(16(19)18-10(3)17-15)6-13(12)11-4-5-20-8-11/h4-9H,1-3H3,(H,17,18,19). The molecule has 0 atom stereocenters. The minimum atomic E-state index is -0.104. The molecule has 4 nitrogen and oxygen atoms in total. The summed E-state index contributed by atoms with van der Waals surface area (Å²) in [6.07, 6.45) is 3.34. The number of nitrogens with zero attached hydrogens (tertiary/aromatic N) is 1. The van der Waals surface area contributed by atoms with E-state index in [1.807, 2.05) is 18.2 Å². The van der Waals surface area contributed by atoms with Crippen LogP contribution >= 0.6 is 0 Å². The highest BCUT2D eigenvalue weighted by atomic mass is 16.3. The monoisotopic (exact) mass is 268 g/mol. The van der Waals surface area contributed by atoms with Gasteiger partial charge in [-0.2, -0.15) is 0 Å². The largest absolute Gasteiger partial charge is 0.472 e. The Kier molecular flexibility index (Phi) is 2.93. The average Bonchev–Trinajstić information content (AvgIpc) is 2.90. The van der Waals surface area contributed by atoms with Crippen molar-refractivity contribution < 1.29 is 4.42 Å². The van der Waals surface area contributed by atoms with Crippen molar-refractivity contribution in [3.63, 3.8) is 0 Å². The molecule has 102 valence electrons. The third-order valence-electron chi connectivity index (χ3n) is 3.45. The number of aryl methyl sites for hydroxylation is 1. The molecule has 0 saturated heterocycles. The van der Waals surface area contributed by atoms with E-state index in [2.05, 4.69) is 23.8 Å². The first-order valence-electron chi connectivity index (χ1n) is 6.63. The number of aromatic nitrogens is 2. The van der Waals surface area contributed by atoms with E-state index < -0.39 is 0 Å². The van der Waals surface area contributed by atoms with Crippen molar-refractivity contribution in [2.45, 2.75) is 26.7 Å². The van der Waals surface area contributed by atoms with Crippen LogP contribution in [-0.4, -0.2) is 9.97 Å². The van der Waals surface area contributed by atoms with E-state index in [9.17, 15) is 4.79 Å². The third-order valence-corrected chi connectivity index (χ3v) is 3.45. The van der Waals surface area contributed by atoms with Gasteiger partial charge in [0, 0.05) is 5.56 Å². The van der Waals surface area contributed by atoms with E-state index in [0.29, 0.717) is 17.1 Å². The van der Waals surface area contributed by atoms with Crippen molar-refractivity contribution >= 4 is 10.9 Å². The SMILES string of the molecule is Cc1nc2cc(C(C)C)c(-c3ccoc3)cc2c(=O)[nH]1. The summed E-state index contributed by atoms with van der Waals surface area (Å²) in [5.74, 6) is 0.971. The van der Waals surface area contributed by atoms with Gasteiger partial charge in [-0.25, -0.2) is 4.98 Å². The quantitative estimate of drug-likeness (QED) is 0.772. The fraction of sp³-hybridized carbons (Fsp3) is 0.250. The molecule has 0 saturated carbocycles. The highest BCUT2D eigenvalue weighted by Gasteiger charge is 2.13. The van der Waals surface area contributed by atoms with Crippen molar-refractivity contribution in [3.05, 3.63) is 52.5 Å². The number of furan rings is 1. The van der Waals surface area contributed by atoms with Crippen LogP contribution in [0.4, 0.5) is 0 Å². The zero-order valence-electron chi connectivity index (χ0n) is 11.7. The molecule has 1 aromatic carbocycles. The number of nitrogens with one attached hydrogen (secondary N) is 1. The van der Waals surface area contributed by atoms with E-state index in [4.69, 9.17) is 4.42 Å². The first-order valence-corrected chi connectivity index (χ1v) is 6.63. The zero-order valence-corrected chi connectivity index (χ0v) is 11.7. The van der Waals surface area contributed by atoms with Gasteiger partial charge in [-0.05, 0) is 42.2 Å². The molecule has 3 aromatic rings. The summed E-state index contributed by atoms with van der Waals surface area (Å²) >= 11 is 0. The summed E-state index contributed by atoms with van der Waals surface area (Å²) in [5, 5.41) is 0.608. The Bertz CT molecular complexity index is 814. The van der Waals surface area contributed by atoms with Gasteiger partial charge in [-0.15, -0.1) is 0 Å². The Morgan fingerprint density at radius 1 is 1.30 bits per heavy atom. The van der Waals surface area contributed by atoms with Crippen LogP contribution in [0, 0.1) is 6.92 Å². The molecule has 1 N–H and O–H groups in total. The van der Waals surface area contributed by atoms with Crippen LogP contribution in [-0.2, 0) is 0 Å². The highest BCUT2D eigenvalue weighted by Crippen LogP contribution is 2.32. The number of rotatable bonds is 2. The second-order valence-electron chi connectivity index (χ2n) is 5.27. The van der Waals surface area contributed by atoms with Crippen molar-refractivity contribution in [1.82, 2.24) is 9.97 Å². The molecule has 0 aliphatic rings. The smallest absolute Gasteiger partial charge is 0.258 e. The summed E-state index contributed by atoms with van der Waals surface area (Å²) < 4.78 is 5.16. The number of benzene rings is 1. The van der Waals surface area contributed by atoms with Crippen molar-refractivity contribution in [2.24, 2.45) is 0 Å². The molecule has 0 amide bonds. The average molecular weight is 268 g/mol. The van der Waals surface area contributed by atoms with Gasteiger partial charge in [0.1, 0.15) is 5.82 Å². The van der Waals surface area contributed by atoms with E-state index in [1.54, 1.807) is 19.5 Å². The van der Waals surface area contributed by atoms with Gasteiger partial charge >= 0.3 is 0 Å². The molecular formula is C16H16N2O2. The fourth-order valence-corrected chi connectivity index (χ4v) is 2.46. The predicted octanol–water partition coefficient (Wildman–Crippen LogP) is 3.61. The molecule has 4 heteroatoms. The Labute approximate surface area is 116 Å². The van der Waals surface area contributed by atoms with Crippen LogP contribution in [0.2, 0.25) is 0 Å². The van der Waals surface area contributed by atoms with Gasteiger partial charge < -0.3 is 9.40 Å². The van der Waals surface area contributed by atoms with Crippen LogP contribution in [0.3, 0.4) is 0 Å². The maximum Gasteiger partial charge on any atom is 0.258 e. The maximum absolute atomic E-state index is 12.1. The molecule has 0 radical (unpaired) electrons. The normalized spacial score (nSPS) is 11.4. The summed E-state index contributed by atoms with van der Waals surface area (Å²) in [5.41, 5.74) is 3.80. The van der Waals surface area contributed by atoms with Gasteiger partial charge in [-0.3, -0.25) is 4.79 Å². The summed E-state index contributed by atoms with van der Waals surface area (Å²) in [4.78, 5) is 19.3. The lowest BCUT2D eigenvalue weighted by atomic mass is 9.92. The number of hydrogen-bond acceptors (Lipinski definition) is 3. The predicted molar refractivity (Wildman–Crippen MR) is 78.9 cm³/mol. The molecular weight excluding hydrogens is 252 g/mol. The molecule has 0 bridgehead atoms. The van der Waals surface area contributed by atoms with Gasteiger partial charge in [0.2, 0.25) is 0 Å². The van der Waals surface area contributed by atoms with E-state index in [-0.39, 0.29) is 5.56 Å². The van der Waals surface area contributed by atoms with E-state index >= 15 is 0 Å².